The van der Waals surface area contributed by atoms with Gasteiger partial charge in [-0.25, -0.2) is 0 Å². The SMILES string of the molecule is CCC[C@H](N)c1nncn1CC(C)C. The van der Waals surface area contributed by atoms with Gasteiger partial charge >= 0.3 is 0 Å². The zero-order valence-electron chi connectivity index (χ0n) is 9.27. The molecule has 0 bridgehead atoms. The fraction of sp³-hybridized carbons (Fsp3) is 0.800. The normalized spacial score (nSPS) is 13.5. The van der Waals surface area contributed by atoms with Gasteiger partial charge in [-0.1, -0.05) is 27.2 Å². The lowest BCUT2D eigenvalue weighted by atomic mass is 10.1. The van der Waals surface area contributed by atoms with E-state index in [1.807, 2.05) is 0 Å². The highest BCUT2D eigenvalue weighted by Crippen LogP contribution is 2.13. The first-order valence-electron chi connectivity index (χ1n) is 5.28. The smallest absolute Gasteiger partial charge is 0.149 e. The highest BCUT2D eigenvalue weighted by atomic mass is 15.3. The van der Waals surface area contributed by atoms with E-state index in [1.165, 1.54) is 0 Å². The lowest BCUT2D eigenvalue weighted by Crippen LogP contribution is -2.17. The first kappa shape index (κ1) is 11.2. The van der Waals surface area contributed by atoms with Crippen LogP contribution < -0.4 is 5.73 Å². The van der Waals surface area contributed by atoms with Gasteiger partial charge in [0.15, 0.2) is 0 Å². The topological polar surface area (TPSA) is 56.7 Å². The van der Waals surface area contributed by atoms with Crippen LogP contribution >= 0.6 is 0 Å². The molecule has 4 nitrogen and oxygen atoms in total. The Kier molecular flexibility index (Phi) is 4.07. The quantitative estimate of drug-likeness (QED) is 0.780. The first-order chi connectivity index (χ1) is 6.65. The Morgan fingerprint density at radius 2 is 2.21 bits per heavy atom. The molecule has 0 aromatic carbocycles. The number of aromatic nitrogens is 3. The summed E-state index contributed by atoms with van der Waals surface area (Å²) in [5, 5.41) is 7.99. The lowest BCUT2D eigenvalue weighted by Gasteiger charge is -2.13. The lowest BCUT2D eigenvalue weighted by molar-refractivity contribution is 0.479. The molecule has 1 aromatic rings. The molecule has 14 heavy (non-hydrogen) atoms. The monoisotopic (exact) mass is 196 g/mol. The molecule has 0 radical (unpaired) electrons. The van der Waals surface area contributed by atoms with Crippen LogP contribution in [-0.2, 0) is 6.54 Å². The maximum Gasteiger partial charge on any atom is 0.149 e. The summed E-state index contributed by atoms with van der Waals surface area (Å²) in [6.07, 6.45) is 3.82. The molecule has 1 heterocycles. The predicted octanol–water partition coefficient (Wildman–Crippen LogP) is 1.73. The minimum Gasteiger partial charge on any atom is -0.321 e. The number of nitrogens with zero attached hydrogens (tertiary/aromatic N) is 3. The van der Waals surface area contributed by atoms with E-state index >= 15 is 0 Å². The summed E-state index contributed by atoms with van der Waals surface area (Å²) in [6.45, 7) is 7.42. The third-order valence-corrected chi connectivity index (χ3v) is 2.14. The molecule has 0 amide bonds. The van der Waals surface area contributed by atoms with Crippen molar-refractivity contribution < 1.29 is 0 Å². The van der Waals surface area contributed by atoms with E-state index in [1.54, 1.807) is 6.33 Å². The van der Waals surface area contributed by atoms with Crippen molar-refractivity contribution >= 4 is 0 Å². The highest BCUT2D eigenvalue weighted by Gasteiger charge is 2.12. The van der Waals surface area contributed by atoms with Gasteiger partial charge < -0.3 is 10.3 Å². The zero-order valence-corrected chi connectivity index (χ0v) is 9.27. The fourth-order valence-corrected chi connectivity index (χ4v) is 1.53. The molecule has 0 unspecified atom stereocenters. The molecule has 0 fully saturated rings. The Morgan fingerprint density at radius 3 is 2.79 bits per heavy atom. The fourth-order valence-electron chi connectivity index (χ4n) is 1.53. The summed E-state index contributed by atoms with van der Waals surface area (Å²) in [5.41, 5.74) is 6.00. The van der Waals surface area contributed by atoms with Crippen LogP contribution in [0.1, 0.15) is 45.5 Å². The van der Waals surface area contributed by atoms with Crippen LogP contribution in [0.2, 0.25) is 0 Å². The van der Waals surface area contributed by atoms with E-state index in [0.717, 1.165) is 25.2 Å². The van der Waals surface area contributed by atoms with Gasteiger partial charge in [-0.05, 0) is 12.3 Å². The van der Waals surface area contributed by atoms with Crippen LogP contribution in [0, 0.1) is 5.92 Å². The molecule has 0 aliphatic heterocycles. The van der Waals surface area contributed by atoms with Crippen molar-refractivity contribution in [3.05, 3.63) is 12.2 Å². The summed E-state index contributed by atoms with van der Waals surface area (Å²) in [5.74, 6) is 1.51. The summed E-state index contributed by atoms with van der Waals surface area (Å²) in [6, 6.07) is 0.0289. The molecule has 1 atom stereocenters. The Morgan fingerprint density at radius 1 is 1.50 bits per heavy atom. The van der Waals surface area contributed by atoms with Gasteiger partial charge in [0.2, 0.25) is 0 Å². The Bertz CT molecular complexity index is 267. The van der Waals surface area contributed by atoms with E-state index in [-0.39, 0.29) is 6.04 Å². The highest BCUT2D eigenvalue weighted by molar-refractivity contribution is 4.93. The molecule has 0 aliphatic rings. The van der Waals surface area contributed by atoms with Crippen molar-refractivity contribution in [1.82, 2.24) is 14.8 Å². The largest absolute Gasteiger partial charge is 0.321 e. The van der Waals surface area contributed by atoms with Crippen LogP contribution in [0.5, 0.6) is 0 Å². The number of hydrogen-bond acceptors (Lipinski definition) is 3. The molecule has 0 saturated carbocycles. The van der Waals surface area contributed by atoms with Gasteiger partial charge in [0.1, 0.15) is 12.2 Å². The average Bonchev–Trinajstić information content (AvgIpc) is 2.51. The van der Waals surface area contributed by atoms with E-state index < -0.39 is 0 Å². The number of hydrogen-bond donors (Lipinski definition) is 1. The molecule has 1 rings (SSSR count). The van der Waals surface area contributed by atoms with Gasteiger partial charge in [-0.2, -0.15) is 0 Å². The summed E-state index contributed by atoms with van der Waals surface area (Å²) < 4.78 is 2.06. The summed E-state index contributed by atoms with van der Waals surface area (Å²) in [7, 11) is 0. The number of rotatable bonds is 5. The van der Waals surface area contributed by atoms with E-state index in [2.05, 4.69) is 35.5 Å². The Balaban J connectivity index is 2.70. The van der Waals surface area contributed by atoms with E-state index in [0.29, 0.717) is 5.92 Å². The van der Waals surface area contributed by atoms with Crippen LogP contribution in [-0.4, -0.2) is 14.8 Å². The molecule has 0 aliphatic carbocycles. The molecule has 1 aromatic heterocycles. The molecule has 4 heteroatoms. The first-order valence-corrected chi connectivity index (χ1v) is 5.28. The Labute approximate surface area is 85.5 Å². The predicted molar refractivity (Wildman–Crippen MR) is 56.7 cm³/mol. The third-order valence-electron chi connectivity index (χ3n) is 2.14. The minimum atomic E-state index is 0.0289. The molecule has 80 valence electrons. The van der Waals surface area contributed by atoms with Crippen molar-refractivity contribution in [3.8, 4) is 0 Å². The van der Waals surface area contributed by atoms with E-state index in [4.69, 9.17) is 5.73 Å². The van der Waals surface area contributed by atoms with E-state index in [9.17, 15) is 0 Å². The molecule has 0 spiro atoms. The standard InChI is InChI=1S/C10H20N4/c1-4-5-9(11)10-13-12-7-14(10)6-8(2)3/h7-9H,4-6,11H2,1-3H3/t9-/m0/s1. The second kappa shape index (κ2) is 5.10. The van der Waals surface area contributed by atoms with Crippen LogP contribution in [0.25, 0.3) is 0 Å². The van der Waals surface area contributed by atoms with Crippen molar-refractivity contribution in [2.45, 2.75) is 46.2 Å². The molecular formula is C10H20N4. The second-order valence-corrected chi connectivity index (χ2v) is 4.13. The summed E-state index contributed by atoms with van der Waals surface area (Å²) >= 11 is 0. The van der Waals surface area contributed by atoms with Gasteiger partial charge in [0, 0.05) is 6.54 Å². The van der Waals surface area contributed by atoms with Crippen LogP contribution in [0.4, 0.5) is 0 Å². The van der Waals surface area contributed by atoms with Crippen LogP contribution in [0.3, 0.4) is 0 Å². The summed E-state index contributed by atoms with van der Waals surface area (Å²) in [4.78, 5) is 0. The molecular weight excluding hydrogens is 176 g/mol. The maximum atomic E-state index is 6.00. The minimum absolute atomic E-state index is 0.0289. The van der Waals surface area contributed by atoms with Gasteiger partial charge in [0.05, 0.1) is 6.04 Å². The third kappa shape index (κ3) is 2.80. The van der Waals surface area contributed by atoms with Gasteiger partial charge in [-0.3, -0.25) is 0 Å². The molecule has 2 N–H and O–H groups in total. The van der Waals surface area contributed by atoms with Crippen molar-refractivity contribution in [2.24, 2.45) is 11.7 Å². The Hall–Kier alpha value is -0.900. The van der Waals surface area contributed by atoms with Crippen molar-refractivity contribution in [1.29, 1.82) is 0 Å². The number of nitrogens with two attached hydrogens (primary N) is 1. The maximum absolute atomic E-state index is 6.00. The van der Waals surface area contributed by atoms with Gasteiger partial charge in [-0.15, -0.1) is 10.2 Å². The zero-order chi connectivity index (χ0) is 10.6. The molecule has 0 saturated heterocycles. The van der Waals surface area contributed by atoms with Crippen LogP contribution in [0.15, 0.2) is 6.33 Å². The van der Waals surface area contributed by atoms with Crippen molar-refractivity contribution in [3.63, 3.8) is 0 Å². The average molecular weight is 196 g/mol. The van der Waals surface area contributed by atoms with Crippen molar-refractivity contribution in [2.75, 3.05) is 0 Å². The second-order valence-electron chi connectivity index (χ2n) is 4.13. The van der Waals surface area contributed by atoms with Gasteiger partial charge in [0.25, 0.3) is 0 Å².